The van der Waals surface area contributed by atoms with E-state index in [0.29, 0.717) is 6.54 Å². The summed E-state index contributed by atoms with van der Waals surface area (Å²) in [6.45, 7) is 0.606. The van der Waals surface area contributed by atoms with Gasteiger partial charge < -0.3 is 5.32 Å². The molecular formula is C4H7ClN4O. The van der Waals surface area contributed by atoms with Gasteiger partial charge in [-0.15, -0.1) is 11.6 Å². The summed E-state index contributed by atoms with van der Waals surface area (Å²) < 4.78 is 0. The molecule has 0 atom stereocenters. The number of rotatable bonds is 4. The fraction of sp³-hybridized carbons (Fsp3) is 0.750. The van der Waals surface area contributed by atoms with Crippen molar-refractivity contribution in [2.75, 3.05) is 19.0 Å². The number of azide groups is 1. The molecule has 0 fully saturated rings. The van der Waals surface area contributed by atoms with E-state index in [1.165, 1.54) is 0 Å². The Balaban J connectivity index is 3.19. The van der Waals surface area contributed by atoms with Gasteiger partial charge in [-0.3, -0.25) is 4.79 Å². The minimum absolute atomic E-state index is 0.0593. The number of amides is 1. The highest BCUT2D eigenvalue weighted by molar-refractivity contribution is 6.27. The molecule has 0 heterocycles. The summed E-state index contributed by atoms with van der Waals surface area (Å²) in [6, 6.07) is 0. The third-order valence-corrected chi connectivity index (χ3v) is 0.961. The van der Waals surface area contributed by atoms with Crippen molar-refractivity contribution in [2.24, 2.45) is 5.11 Å². The molecule has 0 aliphatic heterocycles. The Kier molecular flexibility index (Phi) is 5.62. The van der Waals surface area contributed by atoms with Crippen molar-refractivity contribution in [2.45, 2.75) is 0 Å². The first-order valence-electron chi connectivity index (χ1n) is 2.64. The summed E-state index contributed by atoms with van der Waals surface area (Å²) >= 11 is 5.15. The van der Waals surface area contributed by atoms with Crippen LogP contribution in [0.2, 0.25) is 0 Å². The van der Waals surface area contributed by atoms with Gasteiger partial charge in [-0.1, -0.05) is 5.11 Å². The molecule has 0 aromatic heterocycles. The molecule has 1 amide bonds. The number of carbonyl (C=O) groups excluding carboxylic acids is 1. The maximum Gasteiger partial charge on any atom is 0.234 e. The molecule has 6 heteroatoms. The van der Waals surface area contributed by atoms with E-state index >= 15 is 0 Å². The Morgan fingerprint density at radius 3 is 3.00 bits per heavy atom. The lowest BCUT2D eigenvalue weighted by atomic mass is 10.6. The van der Waals surface area contributed by atoms with Crippen LogP contribution < -0.4 is 5.32 Å². The van der Waals surface area contributed by atoms with E-state index in [1.54, 1.807) is 0 Å². The van der Waals surface area contributed by atoms with Crippen LogP contribution in [0, 0.1) is 0 Å². The van der Waals surface area contributed by atoms with Crippen LogP contribution in [0.25, 0.3) is 10.4 Å². The number of alkyl halides is 1. The molecule has 10 heavy (non-hydrogen) atoms. The summed E-state index contributed by atoms with van der Waals surface area (Å²) in [7, 11) is 0. The van der Waals surface area contributed by atoms with Crippen molar-refractivity contribution in [3.05, 3.63) is 10.4 Å². The molecule has 0 rings (SSSR count). The van der Waals surface area contributed by atoms with Gasteiger partial charge in [-0.25, -0.2) is 0 Å². The van der Waals surface area contributed by atoms with E-state index in [9.17, 15) is 4.79 Å². The summed E-state index contributed by atoms with van der Waals surface area (Å²) in [5.74, 6) is -0.314. The molecule has 0 bridgehead atoms. The van der Waals surface area contributed by atoms with Gasteiger partial charge in [0.05, 0.1) is 0 Å². The SMILES string of the molecule is [N-]=[N+]=NCCNC(=O)CCl. The van der Waals surface area contributed by atoms with Crippen LogP contribution in [0.3, 0.4) is 0 Å². The maximum atomic E-state index is 10.4. The average molecular weight is 163 g/mol. The van der Waals surface area contributed by atoms with Crippen molar-refractivity contribution < 1.29 is 4.79 Å². The molecule has 1 N–H and O–H groups in total. The molecule has 0 aromatic rings. The molecule has 0 saturated carbocycles. The fourth-order valence-corrected chi connectivity index (χ4v) is 0.432. The number of hydrogen-bond donors (Lipinski definition) is 1. The standard InChI is InChI=1S/C4H7ClN4O/c5-3-4(10)7-1-2-8-9-6/h1-3H2,(H,7,10). The van der Waals surface area contributed by atoms with E-state index in [2.05, 4.69) is 15.3 Å². The van der Waals surface area contributed by atoms with E-state index in [0.717, 1.165) is 0 Å². The molecule has 0 aromatic carbocycles. The van der Waals surface area contributed by atoms with Crippen LogP contribution in [-0.4, -0.2) is 24.9 Å². The van der Waals surface area contributed by atoms with Gasteiger partial charge in [0.2, 0.25) is 5.91 Å². The monoisotopic (exact) mass is 162 g/mol. The van der Waals surface area contributed by atoms with Crippen LogP contribution in [0.15, 0.2) is 5.11 Å². The zero-order chi connectivity index (χ0) is 7.82. The topological polar surface area (TPSA) is 77.9 Å². The summed E-state index contributed by atoms with van der Waals surface area (Å²) in [5, 5.41) is 5.63. The fourth-order valence-electron chi connectivity index (χ4n) is 0.337. The van der Waals surface area contributed by atoms with Gasteiger partial charge in [0, 0.05) is 18.0 Å². The zero-order valence-corrected chi connectivity index (χ0v) is 6.01. The predicted octanol–water partition coefficient (Wildman–Crippen LogP) is 0.652. The second-order valence-electron chi connectivity index (χ2n) is 1.44. The van der Waals surface area contributed by atoms with Gasteiger partial charge >= 0.3 is 0 Å². The first kappa shape index (κ1) is 9.07. The van der Waals surface area contributed by atoms with Gasteiger partial charge in [-0.05, 0) is 5.53 Å². The average Bonchev–Trinajstić information content (AvgIpc) is 1.98. The van der Waals surface area contributed by atoms with Crippen LogP contribution in [0.5, 0.6) is 0 Å². The largest absolute Gasteiger partial charge is 0.355 e. The van der Waals surface area contributed by atoms with Crippen LogP contribution in [-0.2, 0) is 4.79 Å². The van der Waals surface area contributed by atoms with Crippen molar-refractivity contribution in [3.8, 4) is 0 Å². The Morgan fingerprint density at radius 2 is 2.50 bits per heavy atom. The predicted molar refractivity (Wildman–Crippen MR) is 37.7 cm³/mol. The minimum atomic E-state index is -0.255. The Labute approximate surface area is 63.0 Å². The first-order valence-corrected chi connectivity index (χ1v) is 3.18. The molecule has 0 spiro atoms. The van der Waals surface area contributed by atoms with Crippen molar-refractivity contribution in [3.63, 3.8) is 0 Å². The summed E-state index contributed by atoms with van der Waals surface area (Å²) in [5.41, 5.74) is 7.81. The van der Waals surface area contributed by atoms with Crippen LogP contribution in [0.4, 0.5) is 0 Å². The quantitative estimate of drug-likeness (QED) is 0.213. The van der Waals surface area contributed by atoms with Crippen LogP contribution >= 0.6 is 11.6 Å². The van der Waals surface area contributed by atoms with Gasteiger partial charge in [0.1, 0.15) is 5.88 Å². The molecule has 0 saturated heterocycles. The van der Waals surface area contributed by atoms with Crippen LogP contribution in [0.1, 0.15) is 0 Å². The number of halogens is 1. The number of nitrogens with zero attached hydrogens (tertiary/aromatic N) is 3. The lowest BCUT2D eigenvalue weighted by Crippen LogP contribution is -2.26. The van der Waals surface area contributed by atoms with E-state index in [-0.39, 0.29) is 18.3 Å². The Hall–Kier alpha value is -0.930. The summed E-state index contributed by atoms with van der Waals surface area (Å²) in [6.07, 6.45) is 0. The molecule has 5 nitrogen and oxygen atoms in total. The molecular weight excluding hydrogens is 156 g/mol. The Morgan fingerprint density at radius 1 is 1.80 bits per heavy atom. The normalized spacial score (nSPS) is 8.10. The Bertz CT molecular complexity index is 153. The summed E-state index contributed by atoms with van der Waals surface area (Å²) in [4.78, 5) is 12.9. The minimum Gasteiger partial charge on any atom is -0.355 e. The molecule has 0 radical (unpaired) electrons. The molecule has 0 aliphatic rings. The van der Waals surface area contributed by atoms with Gasteiger partial charge in [0.15, 0.2) is 0 Å². The zero-order valence-electron chi connectivity index (χ0n) is 5.25. The van der Waals surface area contributed by atoms with Crippen molar-refractivity contribution in [1.82, 2.24) is 5.32 Å². The van der Waals surface area contributed by atoms with Crippen molar-refractivity contribution >= 4 is 17.5 Å². The number of nitrogens with one attached hydrogen (secondary N) is 1. The van der Waals surface area contributed by atoms with Crippen molar-refractivity contribution in [1.29, 1.82) is 0 Å². The molecule has 56 valence electrons. The highest BCUT2D eigenvalue weighted by Crippen LogP contribution is 1.74. The van der Waals surface area contributed by atoms with E-state index in [4.69, 9.17) is 17.1 Å². The highest BCUT2D eigenvalue weighted by Gasteiger charge is 1.93. The van der Waals surface area contributed by atoms with E-state index < -0.39 is 0 Å². The lowest BCUT2D eigenvalue weighted by Gasteiger charge is -1.96. The highest BCUT2D eigenvalue weighted by atomic mass is 35.5. The smallest absolute Gasteiger partial charge is 0.234 e. The molecule has 0 aliphatic carbocycles. The second-order valence-corrected chi connectivity index (χ2v) is 1.71. The third-order valence-electron chi connectivity index (χ3n) is 0.719. The van der Waals surface area contributed by atoms with Gasteiger partial charge in [0.25, 0.3) is 0 Å². The second kappa shape index (κ2) is 6.19. The number of hydrogen-bond acceptors (Lipinski definition) is 2. The van der Waals surface area contributed by atoms with E-state index in [1.807, 2.05) is 0 Å². The maximum absolute atomic E-state index is 10.4. The third kappa shape index (κ3) is 5.21. The first-order chi connectivity index (χ1) is 4.81. The number of carbonyl (C=O) groups is 1. The molecule has 0 unspecified atom stereocenters. The van der Waals surface area contributed by atoms with Gasteiger partial charge in [-0.2, -0.15) is 0 Å². The lowest BCUT2D eigenvalue weighted by molar-refractivity contribution is -0.118.